The Balaban J connectivity index is 1.30. The van der Waals surface area contributed by atoms with Gasteiger partial charge in [0.1, 0.15) is 0 Å². The van der Waals surface area contributed by atoms with Crippen LogP contribution in [0.5, 0.6) is 0 Å². The molecule has 1 atom stereocenters. The van der Waals surface area contributed by atoms with Gasteiger partial charge < -0.3 is 4.98 Å². The van der Waals surface area contributed by atoms with Crippen LogP contribution in [-0.2, 0) is 12.8 Å². The number of nitrogens with one attached hydrogen (secondary N) is 1. The standard InChI is InChI=1S/C24H37N/c1-2-3-4-5-6-7-8-9-10-11-14-20-17-18-24-22(19-20)21-15-12-13-16-23(21)25-24/h12-13,15-16,20,25H,2-11,14,17-19H2,1H3. The summed E-state index contributed by atoms with van der Waals surface area (Å²) in [5.74, 6) is 0.917. The summed E-state index contributed by atoms with van der Waals surface area (Å²) in [7, 11) is 0. The number of hydrogen-bond donors (Lipinski definition) is 1. The second kappa shape index (κ2) is 10.0. The van der Waals surface area contributed by atoms with E-state index in [-0.39, 0.29) is 0 Å². The van der Waals surface area contributed by atoms with E-state index in [1.165, 1.54) is 106 Å². The van der Waals surface area contributed by atoms with Gasteiger partial charge in [0.25, 0.3) is 0 Å². The highest BCUT2D eigenvalue weighted by molar-refractivity contribution is 5.84. The maximum absolute atomic E-state index is 3.65. The Morgan fingerprint density at radius 2 is 1.56 bits per heavy atom. The highest BCUT2D eigenvalue weighted by Crippen LogP contribution is 2.33. The molecule has 3 rings (SSSR count). The van der Waals surface area contributed by atoms with Gasteiger partial charge in [0, 0.05) is 16.6 Å². The minimum absolute atomic E-state index is 0.917. The normalized spacial score (nSPS) is 17.1. The highest BCUT2D eigenvalue weighted by Gasteiger charge is 2.21. The molecule has 1 heterocycles. The monoisotopic (exact) mass is 339 g/mol. The van der Waals surface area contributed by atoms with Gasteiger partial charge in [0.15, 0.2) is 0 Å². The van der Waals surface area contributed by atoms with Crippen molar-refractivity contribution in [1.82, 2.24) is 4.98 Å². The Hall–Kier alpha value is -1.24. The smallest absolute Gasteiger partial charge is 0.0458 e. The van der Waals surface area contributed by atoms with Gasteiger partial charge in [-0.05, 0) is 36.8 Å². The van der Waals surface area contributed by atoms with Crippen LogP contribution < -0.4 is 0 Å². The third kappa shape index (κ3) is 5.36. The molecule has 1 aliphatic carbocycles. The second-order valence-corrected chi connectivity index (χ2v) is 8.21. The van der Waals surface area contributed by atoms with Gasteiger partial charge in [-0.3, -0.25) is 0 Å². The zero-order valence-electron chi connectivity index (χ0n) is 16.3. The molecule has 0 bridgehead atoms. The largest absolute Gasteiger partial charge is 0.358 e. The Kier molecular flexibility index (Phi) is 7.45. The molecule has 0 amide bonds. The van der Waals surface area contributed by atoms with Crippen molar-refractivity contribution in [2.45, 2.75) is 96.8 Å². The van der Waals surface area contributed by atoms with Crippen molar-refractivity contribution in [3.63, 3.8) is 0 Å². The molecule has 1 unspecified atom stereocenters. The quantitative estimate of drug-likeness (QED) is 0.406. The molecule has 1 heteroatoms. The summed E-state index contributed by atoms with van der Waals surface area (Å²) >= 11 is 0. The molecule has 1 aliphatic rings. The summed E-state index contributed by atoms with van der Waals surface area (Å²) < 4.78 is 0. The van der Waals surface area contributed by atoms with Crippen LogP contribution in [0, 0.1) is 5.92 Å². The van der Waals surface area contributed by atoms with E-state index in [0.717, 1.165) is 5.92 Å². The van der Waals surface area contributed by atoms with Crippen LogP contribution in [0.25, 0.3) is 10.9 Å². The fraction of sp³-hybridized carbons (Fsp3) is 0.667. The molecular weight excluding hydrogens is 302 g/mol. The third-order valence-electron chi connectivity index (χ3n) is 6.16. The van der Waals surface area contributed by atoms with Gasteiger partial charge in [-0.1, -0.05) is 95.8 Å². The zero-order valence-corrected chi connectivity index (χ0v) is 16.3. The molecule has 138 valence electrons. The van der Waals surface area contributed by atoms with Gasteiger partial charge >= 0.3 is 0 Å². The molecule has 1 N–H and O–H groups in total. The number of hydrogen-bond acceptors (Lipinski definition) is 0. The summed E-state index contributed by atoms with van der Waals surface area (Å²) in [6.45, 7) is 2.30. The van der Waals surface area contributed by atoms with Crippen molar-refractivity contribution in [2.24, 2.45) is 5.92 Å². The Morgan fingerprint density at radius 1 is 0.880 bits per heavy atom. The van der Waals surface area contributed by atoms with E-state index in [2.05, 4.69) is 36.2 Å². The van der Waals surface area contributed by atoms with E-state index in [1.807, 2.05) is 0 Å². The summed E-state index contributed by atoms with van der Waals surface area (Å²) in [4.78, 5) is 3.65. The average Bonchev–Trinajstić information content (AvgIpc) is 3.01. The van der Waals surface area contributed by atoms with Crippen molar-refractivity contribution in [1.29, 1.82) is 0 Å². The predicted molar refractivity (Wildman–Crippen MR) is 110 cm³/mol. The van der Waals surface area contributed by atoms with Crippen LogP contribution in [0.4, 0.5) is 0 Å². The molecule has 0 fully saturated rings. The first kappa shape index (κ1) is 18.5. The maximum Gasteiger partial charge on any atom is 0.0458 e. The maximum atomic E-state index is 3.65. The minimum atomic E-state index is 0.917. The van der Waals surface area contributed by atoms with Crippen molar-refractivity contribution in [2.75, 3.05) is 0 Å². The predicted octanol–water partition coefficient (Wildman–Crippen LogP) is 7.58. The van der Waals surface area contributed by atoms with Crippen LogP contribution in [0.15, 0.2) is 24.3 Å². The first-order chi connectivity index (χ1) is 12.4. The number of rotatable bonds is 11. The topological polar surface area (TPSA) is 15.8 Å². The Bertz CT molecular complexity index is 624. The van der Waals surface area contributed by atoms with Crippen LogP contribution in [0.2, 0.25) is 0 Å². The van der Waals surface area contributed by atoms with Crippen molar-refractivity contribution >= 4 is 10.9 Å². The molecule has 0 saturated carbocycles. The second-order valence-electron chi connectivity index (χ2n) is 8.21. The van der Waals surface area contributed by atoms with Gasteiger partial charge in [-0.15, -0.1) is 0 Å². The number of H-pyrrole nitrogens is 1. The van der Waals surface area contributed by atoms with Crippen LogP contribution in [-0.4, -0.2) is 4.98 Å². The average molecular weight is 340 g/mol. The molecule has 0 aliphatic heterocycles. The molecule has 1 aromatic carbocycles. The van der Waals surface area contributed by atoms with Crippen LogP contribution in [0.3, 0.4) is 0 Å². The number of aryl methyl sites for hydroxylation is 1. The van der Waals surface area contributed by atoms with E-state index < -0.39 is 0 Å². The Labute approximate surface area is 154 Å². The summed E-state index contributed by atoms with van der Waals surface area (Å²) in [6.07, 6.45) is 19.8. The lowest BCUT2D eigenvalue weighted by atomic mass is 9.83. The Morgan fingerprint density at radius 3 is 2.32 bits per heavy atom. The van der Waals surface area contributed by atoms with Gasteiger partial charge in [-0.2, -0.15) is 0 Å². The number of para-hydroxylation sites is 1. The number of fused-ring (bicyclic) bond motifs is 3. The van der Waals surface area contributed by atoms with Crippen molar-refractivity contribution < 1.29 is 0 Å². The molecule has 0 radical (unpaired) electrons. The summed E-state index contributed by atoms with van der Waals surface area (Å²) in [6, 6.07) is 8.85. The number of unbranched alkanes of at least 4 members (excludes halogenated alkanes) is 9. The number of benzene rings is 1. The van der Waals surface area contributed by atoms with E-state index in [9.17, 15) is 0 Å². The molecule has 0 spiro atoms. The molecule has 1 aromatic heterocycles. The number of aromatic nitrogens is 1. The molecule has 1 nitrogen and oxygen atoms in total. The highest BCUT2D eigenvalue weighted by atomic mass is 14.7. The van der Waals surface area contributed by atoms with Crippen LogP contribution in [0.1, 0.15) is 95.2 Å². The molecule has 0 saturated heterocycles. The zero-order chi connectivity index (χ0) is 17.3. The van der Waals surface area contributed by atoms with Gasteiger partial charge in [0.2, 0.25) is 0 Å². The first-order valence-electron chi connectivity index (χ1n) is 11.0. The fourth-order valence-corrected chi connectivity index (χ4v) is 4.61. The lowest BCUT2D eigenvalue weighted by Crippen LogP contribution is -2.13. The third-order valence-corrected chi connectivity index (χ3v) is 6.16. The van der Waals surface area contributed by atoms with E-state index in [1.54, 1.807) is 5.56 Å². The molecular formula is C24H37N. The fourth-order valence-electron chi connectivity index (χ4n) is 4.61. The van der Waals surface area contributed by atoms with Crippen molar-refractivity contribution in [3.05, 3.63) is 35.5 Å². The van der Waals surface area contributed by atoms with Crippen molar-refractivity contribution in [3.8, 4) is 0 Å². The minimum Gasteiger partial charge on any atom is -0.358 e. The molecule has 25 heavy (non-hydrogen) atoms. The molecule has 2 aromatic rings. The van der Waals surface area contributed by atoms with Gasteiger partial charge in [-0.25, -0.2) is 0 Å². The lowest BCUT2D eigenvalue weighted by Gasteiger charge is -2.22. The summed E-state index contributed by atoms with van der Waals surface area (Å²) in [5, 5.41) is 1.48. The van der Waals surface area contributed by atoms with E-state index >= 15 is 0 Å². The van der Waals surface area contributed by atoms with Gasteiger partial charge in [0.05, 0.1) is 0 Å². The van der Waals surface area contributed by atoms with E-state index in [4.69, 9.17) is 0 Å². The SMILES string of the molecule is CCCCCCCCCCCCC1CCc2[nH]c3ccccc3c2C1. The van der Waals surface area contributed by atoms with E-state index in [0.29, 0.717) is 0 Å². The summed E-state index contributed by atoms with van der Waals surface area (Å²) in [5.41, 5.74) is 4.48. The number of aromatic amines is 1. The van der Waals surface area contributed by atoms with Crippen LogP contribution >= 0.6 is 0 Å². The lowest BCUT2D eigenvalue weighted by molar-refractivity contribution is 0.403. The first-order valence-corrected chi connectivity index (χ1v) is 11.0.